The lowest BCUT2D eigenvalue weighted by Gasteiger charge is -2.33. The summed E-state index contributed by atoms with van der Waals surface area (Å²) in [5.41, 5.74) is -0.0441. The number of hydrogen-bond acceptors (Lipinski definition) is 6. The fraction of sp³-hybridized carbons (Fsp3) is 0.333. The maximum Gasteiger partial charge on any atom is 0.340 e. The molecule has 0 aliphatic carbocycles. The van der Waals surface area contributed by atoms with E-state index < -0.39 is 47.7 Å². The smallest absolute Gasteiger partial charge is 0.340 e. The molecule has 1 atom stereocenters. The van der Waals surface area contributed by atoms with Crippen LogP contribution in [-0.2, 0) is 0 Å². The number of fused-ring (bicyclic) bond motifs is 1. The summed E-state index contributed by atoms with van der Waals surface area (Å²) < 4.78 is 42.8. The molecule has 11 heteroatoms. The lowest BCUT2D eigenvalue weighted by molar-refractivity contribution is -0.0221. The molecule has 182 valence electrons. The summed E-state index contributed by atoms with van der Waals surface area (Å²) in [6, 6.07) is 6.80. The van der Waals surface area contributed by atoms with Crippen molar-refractivity contribution in [1.29, 1.82) is 5.26 Å². The van der Waals surface area contributed by atoms with E-state index in [2.05, 4.69) is 10.3 Å². The highest BCUT2D eigenvalue weighted by atomic mass is 19.3. The molecule has 0 saturated carbocycles. The Hall–Kier alpha value is -4.07. The lowest BCUT2D eigenvalue weighted by atomic mass is 10.0. The number of aryl methyl sites for hydroxylation is 1. The molecule has 1 aromatic carbocycles. The van der Waals surface area contributed by atoms with Crippen LogP contribution in [0.2, 0.25) is 0 Å². The Kier molecular flexibility index (Phi) is 6.15. The second-order valence-corrected chi connectivity index (χ2v) is 8.57. The molecular formula is C24H22F3N5O3. The van der Waals surface area contributed by atoms with Crippen LogP contribution in [0.1, 0.15) is 52.9 Å². The van der Waals surface area contributed by atoms with E-state index in [1.165, 1.54) is 27.6 Å². The molecule has 1 fully saturated rings. The van der Waals surface area contributed by atoms with Gasteiger partial charge in [0.25, 0.3) is 11.5 Å². The van der Waals surface area contributed by atoms with Gasteiger partial charge < -0.3 is 15.3 Å². The summed E-state index contributed by atoms with van der Waals surface area (Å²) in [7, 11) is 0. The van der Waals surface area contributed by atoms with Crippen LogP contribution >= 0.6 is 0 Å². The fourth-order valence-electron chi connectivity index (χ4n) is 4.26. The van der Waals surface area contributed by atoms with Crippen molar-refractivity contribution in [2.45, 2.75) is 38.7 Å². The van der Waals surface area contributed by atoms with Gasteiger partial charge in [-0.1, -0.05) is 6.07 Å². The van der Waals surface area contributed by atoms with Crippen LogP contribution in [0.4, 0.5) is 24.7 Å². The number of pyridine rings is 1. The number of hydrogen-bond donors (Lipinski definition) is 2. The van der Waals surface area contributed by atoms with Crippen LogP contribution in [0, 0.1) is 24.1 Å². The van der Waals surface area contributed by atoms with Crippen molar-refractivity contribution in [2.24, 2.45) is 0 Å². The number of nitriles is 1. The Morgan fingerprint density at radius 2 is 2.00 bits per heavy atom. The fourth-order valence-corrected chi connectivity index (χ4v) is 4.26. The van der Waals surface area contributed by atoms with Gasteiger partial charge in [0.05, 0.1) is 11.7 Å². The van der Waals surface area contributed by atoms with Gasteiger partial charge in [0.15, 0.2) is 11.4 Å². The molecule has 1 unspecified atom stereocenters. The topological polar surface area (TPSA) is 111 Å². The van der Waals surface area contributed by atoms with E-state index in [0.717, 1.165) is 6.07 Å². The first-order valence-corrected chi connectivity index (χ1v) is 10.9. The van der Waals surface area contributed by atoms with Gasteiger partial charge in [-0.25, -0.2) is 22.9 Å². The number of nitrogens with one attached hydrogen (secondary N) is 1. The molecule has 1 saturated heterocycles. The van der Waals surface area contributed by atoms with Crippen molar-refractivity contribution in [3.63, 3.8) is 0 Å². The highest BCUT2D eigenvalue weighted by Crippen LogP contribution is 2.32. The Labute approximate surface area is 198 Å². The number of aromatic nitrogens is 2. The molecule has 1 aliphatic heterocycles. The molecule has 8 nitrogen and oxygen atoms in total. The number of aromatic carboxylic acids is 1. The molecule has 3 heterocycles. The third kappa shape index (κ3) is 4.51. The standard InChI is InChI=1S/C24H22F3N5O3/c1-13-10-15(14(2)29-18-5-3-4-17(25)19(18)23(34)35)21-30-20(16(11-28)22(33)32(21)12-13)31-8-6-24(26,27)7-9-31/h3-5,10,12,14,29H,6-9H2,1-2H3,(H,34,35). The number of anilines is 2. The SMILES string of the molecule is Cc1cc(C(C)Nc2cccc(F)c2C(=O)O)c2nc(N3CCC(F)(F)CC3)c(C#N)c(=O)n2c1. The number of nitrogens with zero attached hydrogens (tertiary/aromatic N) is 4. The van der Waals surface area contributed by atoms with Gasteiger partial charge in [-0.3, -0.25) is 9.20 Å². The molecule has 2 aromatic heterocycles. The normalized spacial score (nSPS) is 16.1. The van der Waals surface area contributed by atoms with Gasteiger partial charge in [0.1, 0.15) is 23.1 Å². The zero-order valence-corrected chi connectivity index (χ0v) is 19.0. The summed E-state index contributed by atoms with van der Waals surface area (Å²) in [5, 5.41) is 22.1. The zero-order chi connectivity index (χ0) is 25.5. The molecule has 35 heavy (non-hydrogen) atoms. The van der Waals surface area contributed by atoms with E-state index in [0.29, 0.717) is 11.1 Å². The number of piperidine rings is 1. The van der Waals surface area contributed by atoms with Gasteiger partial charge in [-0.2, -0.15) is 5.26 Å². The number of carboxylic acid groups (broad SMARTS) is 1. The minimum Gasteiger partial charge on any atom is -0.478 e. The van der Waals surface area contributed by atoms with Gasteiger partial charge in [0, 0.05) is 37.7 Å². The van der Waals surface area contributed by atoms with Crippen LogP contribution in [0.5, 0.6) is 0 Å². The van der Waals surface area contributed by atoms with Crippen LogP contribution < -0.4 is 15.8 Å². The molecule has 1 aliphatic rings. The predicted molar refractivity (Wildman–Crippen MR) is 123 cm³/mol. The number of rotatable bonds is 5. The number of carboxylic acids is 1. The summed E-state index contributed by atoms with van der Waals surface area (Å²) >= 11 is 0. The van der Waals surface area contributed by atoms with Crippen molar-refractivity contribution >= 4 is 23.1 Å². The number of carbonyl (C=O) groups is 1. The average molecular weight is 485 g/mol. The predicted octanol–water partition coefficient (Wildman–Crippen LogP) is 4.12. The quantitative estimate of drug-likeness (QED) is 0.559. The summed E-state index contributed by atoms with van der Waals surface area (Å²) in [6.45, 7) is 3.30. The minimum absolute atomic E-state index is 0.0299. The van der Waals surface area contributed by atoms with Crippen molar-refractivity contribution in [2.75, 3.05) is 23.3 Å². The lowest BCUT2D eigenvalue weighted by Crippen LogP contribution is -2.41. The van der Waals surface area contributed by atoms with Gasteiger partial charge in [-0.15, -0.1) is 0 Å². The largest absolute Gasteiger partial charge is 0.478 e. The zero-order valence-electron chi connectivity index (χ0n) is 19.0. The number of halogens is 3. The maximum absolute atomic E-state index is 14.2. The van der Waals surface area contributed by atoms with E-state index in [-0.39, 0.29) is 35.8 Å². The Morgan fingerprint density at radius 3 is 2.63 bits per heavy atom. The highest BCUT2D eigenvalue weighted by molar-refractivity contribution is 5.94. The van der Waals surface area contributed by atoms with Gasteiger partial charge in [0.2, 0.25) is 0 Å². The van der Waals surface area contributed by atoms with E-state index in [1.54, 1.807) is 19.9 Å². The number of alkyl halides is 2. The average Bonchev–Trinajstić information content (AvgIpc) is 2.78. The van der Waals surface area contributed by atoms with E-state index in [4.69, 9.17) is 0 Å². The third-order valence-electron chi connectivity index (χ3n) is 6.04. The maximum atomic E-state index is 14.2. The van der Waals surface area contributed by atoms with Crippen molar-refractivity contribution < 1.29 is 23.1 Å². The first-order valence-electron chi connectivity index (χ1n) is 10.9. The van der Waals surface area contributed by atoms with E-state index >= 15 is 0 Å². The van der Waals surface area contributed by atoms with Gasteiger partial charge in [-0.05, 0) is 37.6 Å². The van der Waals surface area contributed by atoms with Crippen molar-refractivity contribution in [3.05, 3.63) is 68.9 Å². The Bertz CT molecular complexity index is 1420. The molecule has 3 aromatic rings. The van der Waals surface area contributed by atoms with Crippen LogP contribution in [-0.4, -0.2) is 39.5 Å². The second kappa shape index (κ2) is 8.94. The number of benzene rings is 1. The first kappa shape index (κ1) is 24.1. The highest BCUT2D eigenvalue weighted by Gasteiger charge is 2.35. The summed E-state index contributed by atoms with van der Waals surface area (Å²) in [4.78, 5) is 30.8. The van der Waals surface area contributed by atoms with Crippen LogP contribution in [0.25, 0.3) is 5.65 Å². The Balaban J connectivity index is 1.84. The monoisotopic (exact) mass is 485 g/mol. The van der Waals surface area contributed by atoms with Crippen LogP contribution in [0.3, 0.4) is 0 Å². The van der Waals surface area contributed by atoms with Crippen molar-refractivity contribution in [1.82, 2.24) is 9.38 Å². The Morgan fingerprint density at radius 1 is 1.31 bits per heavy atom. The molecule has 4 rings (SSSR count). The molecule has 2 N–H and O–H groups in total. The van der Waals surface area contributed by atoms with Gasteiger partial charge >= 0.3 is 5.97 Å². The van der Waals surface area contributed by atoms with Crippen LogP contribution in [0.15, 0.2) is 35.3 Å². The van der Waals surface area contributed by atoms with Crippen molar-refractivity contribution in [3.8, 4) is 6.07 Å². The van der Waals surface area contributed by atoms with E-state index in [1.807, 2.05) is 6.07 Å². The molecular weight excluding hydrogens is 463 g/mol. The molecule has 0 spiro atoms. The molecule has 0 amide bonds. The van der Waals surface area contributed by atoms with E-state index in [9.17, 15) is 33.1 Å². The second-order valence-electron chi connectivity index (χ2n) is 8.57. The summed E-state index contributed by atoms with van der Waals surface area (Å²) in [6.07, 6.45) is 0.672. The molecule has 0 bridgehead atoms. The minimum atomic E-state index is -2.82. The molecule has 0 radical (unpaired) electrons. The first-order chi connectivity index (χ1) is 16.5. The summed E-state index contributed by atoms with van der Waals surface area (Å²) in [5.74, 6) is -5.13. The third-order valence-corrected chi connectivity index (χ3v) is 6.04.